The Hall–Kier alpha value is -2.51. The quantitative estimate of drug-likeness (QED) is 0.738. The number of thiazole rings is 1. The lowest BCUT2D eigenvalue weighted by Crippen LogP contribution is -2.35. The van der Waals surface area contributed by atoms with Gasteiger partial charge >= 0.3 is 0 Å². The molecule has 0 saturated carbocycles. The highest BCUT2D eigenvalue weighted by Crippen LogP contribution is 2.23. The van der Waals surface area contributed by atoms with Crippen molar-refractivity contribution in [2.75, 3.05) is 20.6 Å². The summed E-state index contributed by atoms with van der Waals surface area (Å²) < 4.78 is 1.72. The molecule has 1 N–H and O–H groups in total. The third kappa shape index (κ3) is 4.32. The van der Waals surface area contributed by atoms with Gasteiger partial charge in [0.2, 0.25) is 0 Å². The fraction of sp³-hybridized carbons (Fsp3) is 0.278. The Morgan fingerprint density at radius 3 is 2.72 bits per heavy atom. The van der Waals surface area contributed by atoms with Crippen LogP contribution in [0.4, 0.5) is 0 Å². The summed E-state index contributed by atoms with van der Waals surface area (Å²) in [4.78, 5) is 19.2. The second-order valence-corrected chi connectivity index (χ2v) is 7.00. The van der Waals surface area contributed by atoms with E-state index < -0.39 is 0 Å². The Labute approximate surface area is 151 Å². The van der Waals surface area contributed by atoms with Gasteiger partial charge in [-0.1, -0.05) is 30.3 Å². The molecule has 1 unspecified atom stereocenters. The number of amides is 1. The van der Waals surface area contributed by atoms with Gasteiger partial charge < -0.3 is 10.2 Å². The molecule has 0 aliphatic carbocycles. The van der Waals surface area contributed by atoms with Gasteiger partial charge in [-0.25, -0.2) is 4.98 Å². The van der Waals surface area contributed by atoms with Gasteiger partial charge in [-0.15, -0.1) is 11.3 Å². The fourth-order valence-electron chi connectivity index (χ4n) is 2.56. The number of hydrogen-bond donors (Lipinski definition) is 1. The van der Waals surface area contributed by atoms with Crippen LogP contribution < -0.4 is 5.32 Å². The van der Waals surface area contributed by atoms with Gasteiger partial charge in [-0.2, -0.15) is 5.10 Å². The first-order chi connectivity index (χ1) is 12.0. The number of aryl methyl sites for hydroxylation is 1. The van der Waals surface area contributed by atoms with Gasteiger partial charge in [0.25, 0.3) is 5.91 Å². The highest BCUT2D eigenvalue weighted by atomic mass is 32.1. The number of aromatic nitrogens is 3. The van der Waals surface area contributed by atoms with E-state index in [2.05, 4.69) is 20.3 Å². The zero-order valence-corrected chi connectivity index (χ0v) is 15.3. The second kappa shape index (κ2) is 7.58. The maximum Gasteiger partial charge on any atom is 0.271 e. The van der Waals surface area contributed by atoms with Crippen molar-refractivity contribution >= 4 is 17.2 Å². The van der Waals surface area contributed by atoms with Gasteiger partial charge in [-0.05, 0) is 19.7 Å². The Kier molecular flexibility index (Phi) is 5.25. The molecule has 3 rings (SSSR count). The molecule has 2 heterocycles. The Balaban J connectivity index is 1.76. The summed E-state index contributed by atoms with van der Waals surface area (Å²) >= 11 is 1.45. The van der Waals surface area contributed by atoms with Crippen LogP contribution in [0, 0.1) is 0 Å². The van der Waals surface area contributed by atoms with Crippen LogP contribution in [0.3, 0.4) is 0 Å². The minimum absolute atomic E-state index is 0.0905. The van der Waals surface area contributed by atoms with Crippen LogP contribution >= 0.6 is 11.3 Å². The standard InChI is InChI=1S/C18H21N5OS/c1-22(2)11-15(13-7-5-4-6-8-13)20-17(24)16-12-25-18(21-16)14-9-19-23(3)10-14/h4-10,12,15H,11H2,1-3H3,(H,20,24). The Morgan fingerprint density at radius 2 is 2.08 bits per heavy atom. The van der Waals surface area contributed by atoms with Gasteiger partial charge in [0, 0.05) is 30.7 Å². The van der Waals surface area contributed by atoms with E-state index in [1.54, 1.807) is 16.3 Å². The number of benzene rings is 1. The van der Waals surface area contributed by atoms with Crippen molar-refractivity contribution in [1.82, 2.24) is 25.0 Å². The van der Waals surface area contributed by atoms with Crippen molar-refractivity contribution in [3.8, 4) is 10.6 Å². The van der Waals surface area contributed by atoms with Crippen LogP contribution in [-0.2, 0) is 7.05 Å². The van der Waals surface area contributed by atoms with E-state index in [-0.39, 0.29) is 11.9 Å². The Morgan fingerprint density at radius 1 is 1.32 bits per heavy atom. The van der Waals surface area contributed by atoms with Crippen LogP contribution in [0.25, 0.3) is 10.6 Å². The molecular formula is C18H21N5OS. The van der Waals surface area contributed by atoms with Gasteiger partial charge in [-0.3, -0.25) is 9.48 Å². The molecule has 0 fully saturated rings. The number of rotatable bonds is 6. The fourth-order valence-corrected chi connectivity index (χ4v) is 3.33. The van der Waals surface area contributed by atoms with Crippen LogP contribution in [0.15, 0.2) is 48.1 Å². The number of likely N-dealkylation sites (N-methyl/N-ethyl adjacent to an activating group) is 1. The molecule has 1 aromatic carbocycles. The lowest BCUT2D eigenvalue weighted by molar-refractivity contribution is 0.0925. The minimum atomic E-state index is -0.165. The van der Waals surface area contributed by atoms with E-state index in [9.17, 15) is 4.79 Å². The highest BCUT2D eigenvalue weighted by molar-refractivity contribution is 7.13. The normalized spacial score (nSPS) is 12.3. The summed E-state index contributed by atoms with van der Waals surface area (Å²) in [5.74, 6) is -0.165. The first-order valence-corrected chi connectivity index (χ1v) is 8.86. The number of nitrogens with one attached hydrogen (secondary N) is 1. The number of nitrogens with zero attached hydrogens (tertiary/aromatic N) is 4. The largest absolute Gasteiger partial charge is 0.343 e. The Bertz CT molecular complexity index is 840. The summed E-state index contributed by atoms with van der Waals surface area (Å²) in [6.45, 7) is 0.718. The molecular weight excluding hydrogens is 334 g/mol. The van der Waals surface area contributed by atoms with Crippen molar-refractivity contribution in [2.24, 2.45) is 7.05 Å². The van der Waals surface area contributed by atoms with Crippen LogP contribution in [0.1, 0.15) is 22.1 Å². The molecule has 0 radical (unpaired) electrons. The van der Waals surface area contributed by atoms with Crippen LogP contribution in [0.5, 0.6) is 0 Å². The van der Waals surface area contributed by atoms with E-state index in [1.165, 1.54) is 11.3 Å². The van der Waals surface area contributed by atoms with Crippen molar-refractivity contribution in [3.05, 3.63) is 59.4 Å². The average Bonchev–Trinajstić information content (AvgIpc) is 3.23. The third-order valence-electron chi connectivity index (χ3n) is 3.74. The molecule has 0 aliphatic rings. The molecule has 2 aromatic heterocycles. The molecule has 3 aromatic rings. The van der Waals surface area contributed by atoms with E-state index in [4.69, 9.17) is 0 Å². The van der Waals surface area contributed by atoms with Crippen molar-refractivity contribution in [2.45, 2.75) is 6.04 Å². The minimum Gasteiger partial charge on any atom is -0.343 e. The van der Waals surface area contributed by atoms with E-state index in [0.29, 0.717) is 5.69 Å². The average molecular weight is 355 g/mol. The molecule has 1 amide bonds. The van der Waals surface area contributed by atoms with E-state index in [1.807, 2.05) is 57.7 Å². The summed E-state index contributed by atoms with van der Waals surface area (Å²) in [5.41, 5.74) is 2.43. The predicted molar refractivity (Wildman–Crippen MR) is 99.5 cm³/mol. The van der Waals surface area contributed by atoms with Crippen LogP contribution in [0.2, 0.25) is 0 Å². The molecule has 0 aliphatic heterocycles. The SMILES string of the molecule is CN(C)CC(NC(=O)c1csc(-c2cnn(C)c2)n1)c1ccccc1. The van der Waals surface area contributed by atoms with Crippen molar-refractivity contribution in [3.63, 3.8) is 0 Å². The molecule has 6 nitrogen and oxygen atoms in total. The van der Waals surface area contributed by atoms with Gasteiger partial charge in [0.1, 0.15) is 10.7 Å². The van der Waals surface area contributed by atoms with Gasteiger partial charge in [0.15, 0.2) is 0 Å². The molecule has 0 bridgehead atoms. The zero-order valence-electron chi connectivity index (χ0n) is 14.5. The molecule has 7 heteroatoms. The molecule has 130 valence electrons. The number of hydrogen-bond acceptors (Lipinski definition) is 5. The summed E-state index contributed by atoms with van der Waals surface area (Å²) in [7, 11) is 5.84. The molecule has 1 atom stereocenters. The van der Waals surface area contributed by atoms with Gasteiger partial charge in [0.05, 0.1) is 12.2 Å². The number of carbonyl (C=O) groups is 1. The van der Waals surface area contributed by atoms with Crippen molar-refractivity contribution in [1.29, 1.82) is 0 Å². The second-order valence-electron chi connectivity index (χ2n) is 6.14. The smallest absolute Gasteiger partial charge is 0.271 e. The highest BCUT2D eigenvalue weighted by Gasteiger charge is 2.19. The third-order valence-corrected chi connectivity index (χ3v) is 4.64. The molecule has 0 spiro atoms. The molecule has 0 saturated heterocycles. The van der Waals surface area contributed by atoms with E-state index in [0.717, 1.165) is 22.7 Å². The maximum atomic E-state index is 12.7. The monoisotopic (exact) mass is 355 g/mol. The van der Waals surface area contributed by atoms with E-state index >= 15 is 0 Å². The number of carbonyl (C=O) groups excluding carboxylic acids is 1. The summed E-state index contributed by atoms with van der Waals surface area (Å²) in [6, 6.07) is 9.89. The van der Waals surface area contributed by atoms with Crippen LogP contribution in [-0.4, -0.2) is 46.2 Å². The topological polar surface area (TPSA) is 63.1 Å². The summed E-state index contributed by atoms with van der Waals surface area (Å²) in [5, 5.41) is 9.82. The lowest BCUT2D eigenvalue weighted by atomic mass is 10.1. The predicted octanol–water partition coefficient (Wildman–Crippen LogP) is 2.58. The zero-order chi connectivity index (χ0) is 17.8. The molecule has 25 heavy (non-hydrogen) atoms. The van der Waals surface area contributed by atoms with Crippen molar-refractivity contribution < 1.29 is 4.79 Å². The lowest BCUT2D eigenvalue weighted by Gasteiger charge is -2.22. The first-order valence-electron chi connectivity index (χ1n) is 7.98. The maximum absolute atomic E-state index is 12.7. The first kappa shape index (κ1) is 17.3. The summed E-state index contributed by atoms with van der Waals surface area (Å²) in [6.07, 6.45) is 3.64.